The molecule has 1 fully saturated rings. The van der Waals surface area contributed by atoms with Gasteiger partial charge < -0.3 is 44.4 Å². The van der Waals surface area contributed by atoms with Crippen molar-refractivity contribution in [2.24, 2.45) is 0 Å². The van der Waals surface area contributed by atoms with Crippen LogP contribution in [0.15, 0.2) is 30.3 Å². The monoisotopic (exact) mass is 946 g/mol. The summed E-state index contributed by atoms with van der Waals surface area (Å²) >= 11 is 0. The molecule has 0 aliphatic carbocycles. The Hall–Kier alpha value is -4.57. The lowest BCUT2D eigenvalue weighted by atomic mass is 9.96. The van der Waals surface area contributed by atoms with Crippen LogP contribution in [0.3, 0.4) is 0 Å². The number of hydrogen-bond donors (Lipinski definition) is 3. The van der Waals surface area contributed by atoms with Gasteiger partial charge >= 0.3 is 23.9 Å². The van der Waals surface area contributed by atoms with Gasteiger partial charge in [-0.2, -0.15) is 0 Å². The SMILES string of the molecule is CCCCCCCCCCCCCC(=O)N[C@@H](CCO[C@@H]1O[C@H](COC(C)=O)[C@@H](OC(C)=O)[C@H](OC(C)=O)[C@H]1NC(=O)CNC(=O)CCCCCCCCCCC)C(=O)OCc1ccccc1. The van der Waals surface area contributed by atoms with Gasteiger partial charge in [0.15, 0.2) is 18.5 Å². The quantitative estimate of drug-likeness (QED) is 0.0328. The van der Waals surface area contributed by atoms with Crippen LogP contribution in [0.4, 0.5) is 0 Å². The van der Waals surface area contributed by atoms with Gasteiger partial charge in [-0.25, -0.2) is 4.79 Å². The highest BCUT2D eigenvalue weighted by Gasteiger charge is 2.51. The molecule has 0 unspecified atom stereocenters. The number of esters is 4. The number of nitrogens with one attached hydrogen (secondary N) is 3. The topological polar surface area (TPSA) is 211 Å². The predicted molar refractivity (Wildman–Crippen MR) is 253 cm³/mol. The fraction of sp³-hybridized carbons (Fsp3) is 0.745. The first-order valence-electron chi connectivity index (χ1n) is 25.1. The predicted octanol–water partition coefficient (Wildman–Crippen LogP) is 8.00. The maximum Gasteiger partial charge on any atom is 0.329 e. The van der Waals surface area contributed by atoms with E-state index in [0.717, 1.165) is 57.9 Å². The molecule has 2 rings (SSSR count). The van der Waals surface area contributed by atoms with E-state index in [1.54, 1.807) is 0 Å². The van der Waals surface area contributed by atoms with Crippen molar-refractivity contribution >= 4 is 41.6 Å². The van der Waals surface area contributed by atoms with Crippen LogP contribution in [-0.2, 0) is 68.6 Å². The van der Waals surface area contributed by atoms with Gasteiger partial charge in [-0.1, -0.05) is 160 Å². The summed E-state index contributed by atoms with van der Waals surface area (Å²) in [7, 11) is 0. The maximum absolute atomic E-state index is 13.5. The van der Waals surface area contributed by atoms with Crippen LogP contribution in [-0.4, -0.2) is 98.0 Å². The molecule has 0 radical (unpaired) electrons. The lowest BCUT2D eigenvalue weighted by Crippen LogP contribution is -2.67. The van der Waals surface area contributed by atoms with Crippen molar-refractivity contribution in [1.29, 1.82) is 0 Å². The molecule has 0 aromatic heterocycles. The molecule has 0 saturated carbocycles. The largest absolute Gasteiger partial charge is 0.463 e. The van der Waals surface area contributed by atoms with Gasteiger partial charge in [0.1, 0.15) is 31.4 Å². The van der Waals surface area contributed by atoms with E-state index >= 15 is 0 Å². The molecule has 6 atom stereocenters. The number of unbranched alkanes of at least 4 members (excludes halogenated alkanes) is 18. The summed E-state index contributed by atoms with van der Waals surface area (Å²) in [5.41, 5.74) is 0.754. The highest BCUT2D eigenvalue weighted by Crippen LogP contribution is 2.28. The fourth-order valence-corrected chi connectivity index (χ4v) is 7.90. The molecule has 3 N–H and O–H groups in total. The van der Waals surface area contributed by atoms with Crippen LogP contribution < -0.4 is 16.0 Å². The minimum Gasteiger partial charge on any atom is -0.463 e. The third-order valence-corrected chi connectivity index (χ3v) is 11.5. The number of benzene rings is 1. The Bertz CT molecular complexity index is 1580. The smallest absolute Gasteiger partial charge is 0.329 e. The van der Waals surface area contributed by atoms with Gasteiger partial charge in [0.05, 0.1) is 13.2 Å². The molecule has 3 amide bonds. The summed E-state index contributed by atoms with van der Waals surface area (Å²) < 4.78 is 34.4. The van der Waals surface area contributed by atoms with Gasteiger partial charge in [0.2, 0.25) is 17.7 Å². The van der Waals surface area contributed by atoms with Crippen LogP contribution in [0, 0.1) is 0 Å². The number of amides is 3. The summed E-state index contributed by atoms with van der Waals surface area (Å²) in [4.78, 5) is 89.7. The highest BCUT2D eigenvalue weighted by molar-refractivity contribution is 5.85. The van der Waals surface area contributed by atoms with Crippen molar-refractivity contribution in [3.63, 3.8) is 0 Å². The molecule has 1 saturated heterocycles. The second-order valence-electron chi connectivity index (χ2n) is 17.6. The molecule has 1 aromatic carbocycles. The molecule has 67 heavy (non-hydrogen) atoms. The van der Waals surface area contributed by atoms with Crippen molar-refractivity contribution < 1.29 is 62.0 Å². The van der Waals surface area contributed by atoms with E-state index in [-0.39, 0.29) is 44.3 Å². The Labute approximate surface area is 399 Å². The van der Waals surface area contributed by atoms with Gasteiger partial charge in [-0.15, -0.1) is 0 Å². The highest BCUT2D eigenvalue weighted by atomic mass is 16.7. The van der Waals surface area contributed by atoms with Gasteiger partial charge in [0, 0.05) is 40.0 Å². The number of rotatable bonds is 37. The summed E-state index contributed by atoms with van der Waals surface area (Å²) in [5.74, 6) is -4.23. The minimum atomic E-state index is -1.44. The Morgan fingerprint density at radius 2 is 1.10 bits per heavy atom. The summed E-state index contributed by atoms with van der Waals surface area (Å²) in [6, 6.07) is 6.64. The zero-order valence-corrected chi connectivity index (χ0v) is 41.2. The fourth-order valence-electron chi connectivity index (χ4n) is 7.90. The molecule has 0 bridgehead atoms. The van der Waals surface area contributed by atoms with E-state index in [9.17, 15) is 33.6 Å². The normalized spacial score (nSPS) is 18.3. The van der Waals surface area contributed by atoms with Crippen molar-refractivity contribution in [3.8, 4) is 0 Å². The molecule has 16 nitrogen and oxygen atoms in total. The zero-order valence-electron chi connectivity index (χ0n) is 41.2. The first-order valence-corrected chi connectivity index (χ1v) is 25.1. The van der Waals surface area contributed by atoms with Crippen molar-refractivity contribution in [2.75, 3.05) is 19.8 Å². The van der Waals surface area contributed by atoms with E-state index < -0.39 is 79.6 Å². The van der Waals surface area contributed by atoms with Crippen LogP contribution in [0.25, 0.3) is 0 Å². The van der Waals surface area contributed by atoms with Crippen molar-refractivity contribution in [1.82, 2.24) is 16.0 Å². The number of carbonyl (C=O) groups is 7. The van der Waals surface area contributed by atoms with E-state index in [0.29, 0.717) is 12.8 Å². The minimum absolute atomic E-state index is 0.0273. The number of hydrogen-bond acceptors (Lipinski definition) is 13. The van der Waals surface area contributed by atoms with Crippen molar-refractivity contribution in [3.05, 3.63) is 35.9 Å². The number of ether oxygens (including phenoxy) is 6. The summed E-state index contributed by atoms with van der Waals surface area (Å²) in [5, 5.41) is 8.15. The van der Waals surface area contributed by atoms with E-state index in [1.165, 1.54) is 84.0 Å². The van der Waals surface area contributed by atoms with Crippen LogP contribution in [0.1, 0.15) is 188 Å². The second kappa shape index (κ2) is 36.5. The van der Waals surface area contributed by atoms with E-state index in [1.807, 2.05) is 30.3 Å². The summed E-state index contributed by atoms with van der Waals surface area (Å²) in [6.07, 6.45) is 17.2. The number of carbonyl (C=O) groups excluding carboxylic acids is 7. The lowest BCUT2D eigenvalue weighted by molar-refractivity contribution is -0.278. The van der Waals surface area contributed by atoms with E-state index in [4.69, 9.17) is 28.4 Å². The Morgan fingerprint density at radius 1 is 0.597 bits per heavy atom. The van der Waals surface area contributed by atoms with Gasteiger partial charge in [-0.05, 0) is 18.4 Å². The second-order valence-corrected chi connectivity index (χ2v) is 17.6. The third kappa shape index (κ3) is 27.7. The Morgan fingerprint density at radius 3 is 1.63 bits per heavy atom. The average Bonchev–Trinajstić information content (AvgIpc) is 3.29. The molecule has 380 valence electrons. The molecule has 0 spiro atoms. The maximum atomic E-state index is 13.5. The molecule has 1 aliphatic heterocycles. The first kappa shape index (κ1) is 58.6. The van der Waals surface area contributed by atoms with E-state index in [2.05, 4.69) is 29.8 Å². The first-order chi connectivity index (χ1) is 32.3. The Balaban J connectivity index is 2.17. The molecule has 1 heterocycles. The Kier molecular flexibility index (Phi) is 31.9. The van der Waals surface area contributed by atoms with Crippen LogP contribution >= 0.6 is 0 Å². The molecule has 1 aromatic rings. The van der Waals surface area contributed by atoms with Gasteiger partial charge in [-0.3, -0.25) is 28.8 Å². The van der Waals surface area contributed by atoms with Crippen molar-refractivity contribution in [2.45, 2.75) is 226 Å². The standard InChI is InChI=1S/C51H83N3O13/c1-6-8-10-12-14-16-17-19-21-23-28-32-45(59)53-42(50(61)64-36-41-29-25-24-26-30-41)33-34-62-51-47(49(66-40(5)57)48(65-39(4)56)43(67-51)37-63-38(3)55)54-46(60)35-52-44(58)31-27-22-20-18-15-13-11-9-7-2/h24-26,29-30,42-43,47-49,51H,6-23,27-28,31-37H2,1-5H3,(H,52,58)(H,53,59)(H,54,60)/t42-,43+,47+,48+,49+,51+/m0/s1. The zero-order chi connectivity index (χ0) is 49.1. The van der Waals surface area contributed by atoms with Crippen LogP contribution in [0.5, 0.6) is 0 Å². The van der Waals surface area contributed by atoms with Crippen LogP contribution in [0.2, 0.25) is 0 Å². The molecular formula is C51H83N3O13. The van der Waals surface area contributed by atoms with Gasteiger partial charge in [0.25, 0.3) is 0 Å². The molecule has 1 aliphatic rings. The lowest BCUT2D eigenvalue weighted by Gasteiger charge is -2.45. The summed E-state index contributed by atoms with van der Waals surface area (Å²) in [6.45, 7) is 6.70. The third-order valence-electron chi connectivity index (χ3n) is 11.5. The average molecular weight is 946 g/mol. The molecular weight excluding hydrogens is 863 g/mol. The molecule has 16 heteroatoms.